The first-order valence-electron chi connectivity index (χ1n) is 6.92. The monoisotopic (exact) mass is 278 g/mol. The number of carbonyl (C=O) groups is 2. The maximum Gasteiger partial charge on any atom is 0.224 e. The van der Waals surface area contributed by atoms with Crippen molar-refractivity contribution in [3.05, 3.63) is 29.8 Å². The van der Waals surface area contributed by atoms with Crippen LogP contribution >= 0.6 is 0 Å². The zero-order chi connectivity index (χ0) is 14.8. The van der Waals surface area contributed by atoms with Crippen LogP contribution in [-0.2, 0) is 16.0 Å². The Kier molecular flexibility index (Phi) is 7.35. The van der Waals surface area contributed by atoms with Crippen LogP contribution in [0.5, 0.6) is 0 Å². The van der Waals surface area contributed by atoms with Gasteiger partial charge in [-0.05, 0) is 37.5 Å². The predicted octanol–water partition coefficient (Wildman–Crippen LogP) is 1.47. The van der Waals surface area contributed by atoms with E-state index in [-0.39, 0.29) is 18.4 Å². The van der Waals surface area contributed by atoms with Crippen molar-refractivity contribution in [3.63, 3.8) is 0 Å². The van der Waals surface area contributed by atoms with E-state index in [0.29, 0.717) is 32.2 Å². The molecule has 0 saturated carbocycles. The van der Waals surface area contributed by atoms with Crippen molar-refractivity contribution < 1.29 is 14.7 Å². The molecule has 1 rings (SSSR count). The first-order chi connectivity index (χ1) is 9.65. The summed E-state index contributed by atoms with van der Waals surface area (Å²) in [6, 6.07) is 7.24. The number of anilines is 1. The third kappa shape index (κ3) is 6.33. The van der Waals surface area contributed by atoms with E-state index in [0.717, 1.165) is 11.3 Å². The van der Waals surface area contributed by atoms with Gasteiger partial charge in [-0.2, -0.15) is 0 Å². The number of unbranched alkanes of at least 4 members (excludes halogenated alkanes) is 1. The van der Waals surface area contributed by atoms with Crippen molar-refractivity contribution in [2.45, 2.75) is 32.6 Å². The van der Waals surface area contributed by atoms with Gasteiger partial charge >= 0.3 is 0 Å². The lowest BCUT2D eigenvalue weighted by molar-refractivity contribution is -0.120. The minimum absolute atomic E-state index is 0.00621. The molecule has 20 heavy (non-hydrogen) atoms. The minimum atomic E-state index is -0.0603. The molecule has 1 aromatic rings. The van der Waals surface area contributed by atoms with E-state index >= 15 is 0 Å². The lowest BCUT2D eigenvalue weighted by Crippen LogP contribution is -2.24. The minimum Gasteiger partial charge on any atom is -0.396 e. The van der Waals surface area contributed by atoms with Gasteiger partial charge in [0.25, 0.3) is 0 Å². The molecule has 0 bridgehead atoms. The van der Waals surface area contributed by atoms with Crippen molar-refractivity contribution in [1.82, 2.24) is 5.32 Å². The molecule has 110 valence electrons. The van der Waals surface area contributed by atoms with Crippen molar-refractivity contribution in [1.29, 1.82) is 0 Å². The second kappa shape index (κ2) is 9.09. The van der Waals surface area contributed by atoms with E-state index < -0.39 is 0 Å². The molecule has 3 N–H and O–H groups in total. The van der Waals surface area contributed by atoms with Gasteiger partial charge in [0.2, 0.25) is 11.8 Å². The molecule has 0 spiro atoms. The van der Waals surface area contributed by atoms with Crippen LogP contribution in [-0.4, -0.2) is 30.1 Å². The molecule has 5 nitrogen and oxygen atoms in total. The molecule has 5 heteroatoms. The first kappa shape index (κ1) is 16.2. The largest absolute Gasteiger partial charge is 0.396 e. The van der Waals surface area contributed by atoms with E-state index in [1.165, 1.54) is 0 Å². The van der Waals surface area contributed by atoms with Crippen molar-refractivity contribution in [3.8, 4) is 0 Å². The molecule has 0 aliphatic carbocycles. The second-order valence-electron chi connectivity index (χ2n) is 4.56. The van der Waals surface area contributed by atoms with Gasteiger partial charge in [-0.25, -0.2) is 0 Å². The molecular formula is C15H22N2O3. The van der Waals surface area contributed by atoms with Gasteiger partial charge in [0.15, 0.2) is 0 Å². The molecule has 0 atom stereocenters. The van der Waals surface area contributed by atoms with Crippen LogP contribution in [0.1, 0.15) is 31.7 Å². The normalized spacial score (nSPS) is 10.1. The highest BCUT2D eigenvalue weighted by atomic mass is 16.3. The Morgan fingerprint density at radius 3 is 2.40 bits per heavy atom. The summed E-state index contributed by atoms with van der Waals surface area (Å²) >= 11 is 0. The SMILES string of the molecule is CCNC(=O)Cc1ccc(NC(=O)CCCCO)cc1. The van der Waals surface area contributed by atoms with Gasteiger partial charge in [0, 0.05) is 25.3 Å². The Morgan fingerprint density at radius 2 is 1.80 bits per heavy atom. The third-order valence-electron chi connectivity index (χ3n) is 2.79. The number of amides is 2. The average Bonchev–Trinajstić information content (AvgIpc) is 2.41. The zero-order valence-electron chi connectivity index (χ0n) is 11.8. The fourth-order valence-corrected chi connectivity index (χ4v) is 1.77. The molecule has 0 aliphatic rings. The number of benzene rings is 1. The van der Waals surface area contributed by atoms with Gasteiger partial charge in [-0.3, -0.25) is 9.59 Å². The van der Waals surface area contributed by atoms with Gasteiger partial charge in [0.05, 0.1) is 6.42 Å². The van der Waals surface area contributed by atoms with Crippen molar-refractivity contribution >= 4 is 17.5 Å². The Balaban J connectivity index is 2.42. The van der Waals surface area contributed by atoms with Gasteiger partial charge < -0.3 is 15.7 Å². The molecule has 0 heterocycles. The van der Waals surface area contributed by atoms with Crippen LogP contribution in [0, 0.1) is 0 Å². The van der Waals surface area contributed by atoms with Crippen LogP contribution in [0.2, 0.25) is 0 Å². The van der Waals surface area contributed by atoms with E-state index in [1.54, 1.807) is 12.1 Å². The highest BCUT2D eigenvalue weighted by Crippen LogP contribution is 2.11. The van der Waals surface area contributed by atoms with E-state index in [1.807, 2.05) is 19.1 Å². The van der Waals surface area contributed by atoms with E-state index in [9.17, 15) is 9.59 Å². The number of carbonyl (C=O) groups excluding carboxylic acids is 2. The standard InChI is InChI=1S/C15H22N2O3/c1-2-16-15(20)11-12-6-8-13(9-7-12)17-14(19)5-3-4-10-18/h6-9,18H,2-5,10-11H2,1H3,(H,16,20)(H,17,19). The van der Waals surface area contributed by atoms with E-state index in [4.69, 9.17) is 5.11 Å². The number of aliphatic hydroxyl groups excluding tert-OH is 1. The fraction of sp³-hybridized carbons (Fsp3) is 0.467. The summed E-state index contributed by atoms with van der Waals surface area (Å²) in [4.78, 5) is 23.0. The van der Waals surface area contributed by atoms with Crippen LogP contribution < -0.4 is 10.6 Å². The quantitative estimate of drug-likeness (QED) is 0.630. The summed E-state index contributed by atoms with van der Waals surface area (Å²) < 4.78 is 0. The maximum atomic E-state index is 11.6. The summed E-state index contributed by atoms with van der Waals surface area (Å²) in [5, 5.41) is 14.2. The van der Waals surface area contributed by atoms with Crippen LogP contribution in [0.4, 0.5) is 5.69 Å². The van der Waals surface area contributed by atoms with Gasteiger partial charge in [-0.1, -0.05) is 12.1 Å². The highest BCUT2D eigenvalue weighted by molar-refractivity contribution is 5.90. The summed E-state index contributed by atoms with van der Waals surface area (Å²) in [5.74, 6) is -0.0665. The fourth-order valence-electron chi connectivity index (χ4n) is 1.77. The van der Waals surface area contributed by atoms with E-state index in [2.05, 4.69) is 10.6 Å². The molecule has 2 amide bonds. The topological polar surface area (TPSA) is 78.4 Å². The number of nitrogens with one attached hydrogen (secondary N) is 2. The molecule has 0 aromatic heterocycles. The van der Waals surface area contributed by atoms with Crippen LogP contribution in [0.3, 0.4) is 0 Å². The Labute approximate surface area is 119 Å². The molecule has 0 fully saturated rings. The Hall–Kier alpha value is -1.88. The second-order valence-corrected chi connectivity index (χ2v) is 4.56. The maximum absolute atomic E-state index is 11.6. The summed E-state index contributed by atoms with van der Waals surface area (Å²) in [6.45, 7) is 2.62. The van der Waals surface area contributed by atoms with Gasteiger partial charge in [-0.15, -0.1) is 0 Å². The predicted molar refractivity (Wildman–Crippen MR) is 78.4 cm³/mol. The number of rotatable bonds is 8. The summed E-state index contributed by atoms with van der Waals surface area (Å²) in [6.07, 6.45) is 2.07. The van der Waals surface area contributed by atoms with Gasteiger partial charge in [0.1, 0.15) is 0 Å². The molecule has 0 radical (unpaired) electrons. The molecule has 0 unspecified atom stereocenters. The summed E-state index contributed by atoms with van der Waals surface area (Å²) in [5.41, 5.74) is 1.63. The molecule has 0 aliphatic heterocycles. The molecule has 0 saturated heterocycles. The Morgan fingerprint density at radius 1 is 1.10 bits per heavy atom. The lowest BCUT2D eigenvalue weighted by atomic mass is 10.1. The number of aliphatic hydroxyl groups is 1. The third-order valence-corrected chi connectivity index (χ3v) is 2.79. The van der Waals surface area contributed by atoms with Crippen molar-refractivity contribution in [2.75, 3.05) is 18.5 Å². The number of hydrogen-bond donors (Lipinski definition) is 3. The summed E-state index contributed by atoms with van der Waals surface area (Å²) in [7, 11) is 0. The zero-order valence-corrected chi connectivity index (χ0v) is 11.8. The smallest absolute Gasteiger partial charge is 0.224 e. The Bertz CT molecular complexity index is 429. The molecular weight excluding hydrogens is 256 g/mol. The molecule has 1 aromatic carbocycles. The highest BCUT2D eigenvalue weighted by Gasteiger charge is 2.04. The van der Waals surface area contributed by atoms with Crippen LogP contribution in [0.25, 0.3) is 0 Å². The first-order valence-corrected chi connectivity index (χ1v) is 6.92. The average molecular weight is 278 g/mol. The number of hydrogen-bond acceptors (Lipinski definition) is 3. The lowest BCUT2D eigenvalue weighted by Gasteiger charge is -2.06. The number of likely N-dealkylation sites (N-methyl/N-ethyl adjacent to an activating group) is 1. The van der Waals surface area contributed by atoms with Crippen molar-refractivity contribution in [2.24, 2.45) is 0 Å². The van der Waals surface area contributed by atoms with Crippen LogP contribution in [0.15, 0.2) is 24.3 Å².